The molecule has 0 unspecified atom stereocenters. The van der Waals surface area contributed by atoms with Gasteiger partial charge in [-0.3, -0.25) is 0 Å². The van der Waals surface area contributed by atoms with Crippen molar-refractivity contribution < 1.29 is 4.79 Å². The third kappa shape index (κ3) is 3.43. The Morgan fingerprint density at radius 3 is 2.88 bits per heavy atom. The molecule has 3 rings (SSSR count). The van der Waals surface area contributed by atoms with Crippen LogP contribution in [-0.4, -0.2) is 37.2 Å². The Morgan fingerprint density at radius 2 is 2.25 bits per heavy atom. The quantitative estimate of drug-likeness (QED) is 0.925. The molecular formula is C16H24N6OS. The largest absolute Gasteiger partial charge is 0.332 e. The van der Waals surface area contributed by atoms with Gasteiger partial charge in [-0.05, 0) is 12.8 Å². The van der Waals surface area contributed by atoms with Gasteiger partial charge in [0.25, 0.3) is 0 Å². The lowest BCUT2D eigenvalue weighted by molar-refractivity contribution is 0.189. The minimum Gasteiger partial charge on any atom is -0.332 e. The van der Waals surface area contributed by atoms with E-state index in [4.69, 9.17) is 0 Å². The van der Waals surface area contributed by atoms with E-state index in [-0.39, 0.29) is 17.5 Å². The molecule has 24 heavy (non-hydrogen) atoms. The summed E-state index contributed by atoms with van der Waals surface area (Å²) in [5.41, 5.74) is 0.950. The SMILES string of the molecule is Cn1cnnc1[C@H]1CCCN1C(=O)NCc1csc(C(C)(C)C)n1. The van der Waals surface area contributed by atoms with Crippen LogP contribution in [0.4, 0.5) is 4.79 Å². The molecule has 1 N–H and O–H groups in total. The molecule has 2 aromatic heterocycles. The molecule has 1 aliphatic rings. The number of aromatic nitrogens is 4. The highest BCUT2D eigenvalue weighted by Gasteiger charge is 2.32. The lowest BCUT2D eigenvalue weighted by Gasteiger charge is -2.24. The molecule has 1 fully saturated rings. The van der Waals surface area contributed by atoms with Gasteiger partial charge in [0.1, 0.15) is 6.33 Å². The highest BCUT2D eigenvalue weighted by atomic mass is 32.1. The van der Waals surface area contributed by atoms with Crippen LogP contribution in [0.25, 0.3) is 0 Å². The van der Waals surface area contributed by atoms with E-state index < -0.39 is 0 Å². The summed E-state index contributed by atoms with van der Waals surface area (Å²) in [5, 5.41) is 14.2. The molecule has 1 saturated heterocycles. The average molecular weight is 348 g/mol. The number of urea groups is 1. The molecule has 130 valence electrons. The average Bonchev–Trinajstić information content (AvgIpc) is 3.23. The van der Waals surface area contributed by atoms with Crippen molar-refractivity contribution in [2.75, 3.05) is 6.54 Å². The van der Waals surface area contributed by atoms with Gasteiger partial charge in [-0.15, -0.1) is 21.5 Å². The van der Waals surface area contributed by atoms with Crippen molar-refractivity contribution in [1.29, 1.82) is 0 Å². The number of nitrogens with zero attached hydrogens (tertiary/aromatic N) is 5. The summed E-state index contributed by atoms with van der Waals surface area (Å²) in [6.07, 6.45) is 3.58. The van der Waals surface area contributed by atoms with E-state index in [1.807, 2.05) is 21.9 Å². The smallest absolute Gasteiger partial charge is 0.318 e. The second-order valence-electron chi connectivity index (χ2n) is 7.20. The van der Waals surface area contributed by atoms with Gasteiger partial charge in [0.05, 0.1) is 23.3 Å². The number of aryl methyl sites for hydroxylation is 1. The predicted molar refractivity (Wildman–Crippen MR) is 92.7 cm³/mol. The zero-order chi connectivity index (χ0) is 17.3. The molecule has 8 heteroatoms. The fourth-order valence-corrected chi connectivity index (χ4v) is 3.78. The summed E-state index contributed by atoms with van der Waals surface area (Å²) < 4.78 is 1.88. The first kappa shape index (κ1) is 16.9. The lowest BCUT2D eigenvalue weighted by atomic mass is 9.98. The fourth-order valence-electron chi connectivity index (χ4n) is 2.87. The summed E-state index contributed by atoms with van der Waals surface area (Å²) in [5.74, 6) is 0.839. The van der Waals surface area contributed by atoms with E-state index in [1.54, 1.807) is 17.7 Å². The van der Waals surface area contributed by atoms with Gasteiger partial charge in [0.2, 0.25) is 0 Å². The second-order valence-corrected chi connectivity index (χ2v) is 8.06. The molecule has 0 spiro atoms. The zero-order valence-corrected chi connectivity index (χ0v) is 15.4. The molecule has 7 nitrogen and oxygen atoms in total. The topological polar surface area (TPSA) is 75.9 Å². The van der Waals surface area contributed by atoms with Crippen LogP contribution in [0.2, 0.25) is 0 Å². The zero-order valence-electron chi connectivity index (χ0n) is 14.6. The van der Waals surface area contributed by atoms with E-state index in [0.29, 0.717) is 6.54 Å². The maximum atomic E-state index is 12.6. The number of rotatable bonds is 3. The van der Waals surface area contributed by atoms with Gasteiger partial charge in [0.15, 0.2) is 5.82 Å². The van der Waals surface area contributed by atoms with Crippen molar-refractivity contribution in [3.8, 4) is 0 Å². The second kappa shape index (κ2) is 6.51. The Hall–Kier alpha value is -1.96. The lowest BCUT2D eigenvalue weighted by Crippen LogP contribution is -2.39. The molecular weight excluding hydrogens is 324 g/mol. The van der Waals surface area contributed by atoms with Crippen molar-refractivity contribution in [1.82, 2.24) is 30.0 Å². The number of nitrogens with one attached hydrogen (secondary N) is 1. The summed E-state index contributed by atoms with van der Waals surface area (Å²) in [4.78, 5) is 19.0. The molecule has 0 aliphatic carbocycles. The Morgan fingerprint density at radius 1 is 1.46 bits per heavy atom. The highest BCUT2D eigenvalue weighted by Crippen LogP contribution is 2.30. The van der Waals surface area contributed by atoms with Crippen molar-refractivity contribution in [3.05, 3.63) is 28.2 Å². The molecule has 3 heterocycles. The Balaban J connectivity index is 1.62. The summed E-state index contributed by atoms with van der Waals surface area (Å²) in [7, 11) is 1.91. The van der Waals surface area contributed by atoms with Crippen LogP contribution in [0.3, 0.4) is 0 Å². The molecule has 1 aliphatic heterocycles. The van der Waals surface area contributed by atoms with Crippen molar-refractivity contribution >= 4 is 17.4 Å². The van der Waals surface area contributed by atoms with Crippen LogP contribution < -0.4 is 5.32 Å². The first-order valence-corrected chi connectivity index (χ1v) is 9.07. The van der Waals surface area contributed by atoms with Gasteiger partial charge >= 0.3 is 6.03 Å². The van der Waals surface area contributed by atoms with Crippen LogP contribution in [0.5, 0.6) is 0 Å². The number of thiazole rings is 1. The number of hydrogen-bond donors (Lipinski definition) is 1. The maximum absolute atomic E-state index is 12.6. The number of carbonyl (C=O) groups is 1. The predicted octanol–water partition coefficient (Wildman–Crippen LogP) is 2.62. The van der Waals surface area contributed by atoms with Crippen LogP contribution in [-0.2, 0) is 19.0 Å². The molecule has 2 aromatic rings. The monoisotopic (exact) mass is 348 g/mol. The van der Waals surface area contributed by atoms with E-state index in [1.165, 1.54) is 0 Å². The molecule has 2 amide bonds. The van der Waals surface area contributed by atoms with E-state index in [9.17, 15) is 4.79 Å². The standard InChI is InChI=1S/C16H24N6OS/c1-16(2,3)14-19-11(9-24-14)8-17-15(23)22-7-5-6-12(22)13-20-18-10-21(13)4/h9-10,12H,5-8H2,1-4H3,(H,17,23)/t12-/m1/s1. The number of likely N-dealkylation sites (tertiary alicyclic amines) is 1. The third-order valence-corrected chi connectivity index (χ3v) is 5.49. The minimum absolute atomic E-state index is 0.00179. The van der Waals surface area contributed by atoms with Crippen molar-refractivity contribution in [2.45, 2.75) is 51.6 Å². The van der Waals surface area contributed by atoms with Crippen LogP contribution in [0, 0.1) is 0 Å². The molecule has 0 radical (unpaired) electrons. The van der Waals surface area contributed by atoms with Gasteiger partial charge in [-0.25, -0.2) is 9.78 Å². The molecule has 0 saturated carbocycles. The Labute approximate surface area is 146 Å². The van der Waals surface area contributed by atoms with E-state index in [2.05, 4.69) is 41.3 Å². The summed E-state index contributed by atoms with van der Waals surface area (Å²) >= 11 is 1.64. The number of amides is 2. The normalized spacial score (nSPS) is 18.2. The Kier molecular flexibility index (Phi) is 4.58. The molecule has 0 aromatic carbocycles. The van der Waals surface area contributed by atoms with Crippen LogP contribution in [0.15, 0.2) is 11.7 Å². The van der Waals surface area contributed by atoms with Gasteiger partial charge in [-0.2, -0.15) is 0 Å². The molecule has 0 bridgehead atoms. The van der Waals surface area contributed by atoms with E-state index >= 15 is 0 Å². The van der Waals surface area contributed by atoms with Crippen LogP contribution in [0.1, 0.15) is 56.2 Å². The minimum atomic E-state index is -0.0641. The highest BCUT2D eigenvalue weighted by molar-refractivity contribution is 7.09. The number of hydrogen-bond acceptors (Lipinski definition) is 5. The summed E-state index contributed by atoms with van der Waals surface area (Å²) in [6, 6.07) is -0.0659. The van der Waals surface area contributed by atoms with Crippen molar-refractivity contribution in [2.24, 2.45) is 7.05 Å². The first-order valence-electron chi connectivity index (χ1n) is 8.19. The van der Waals surface area contributed by atoms with Gasteiger partial charge in [-0.1, -0.05) is 20.8 Å². The van der Waals surface area contributed by atoms with Gasteiger partial charge in [0, 0.05) is 24.4 Å². The molecule has 1 atom stereocenters. The van der Waals surface area contributed by atoms with Gasteiger partial charge < -0.3 is 14.8 Å². The number of carbonyl (C=O) groups excluding carboxylic acids is 1. The van der Waals surface area contributed by atoms with Crippen molar-refractivity contribution in [3.63, 3.8) is 0 Å². The Bertz CT molecular complexity index is 716. The first-order chi connectivity index (χ1) is 11.4. The van der Waals surface area contributed by atoms with Crippen LogP contribution >= 0.6 is 11.3 Å². The maximum Gasteiger partial charge on any atom is 0.318 e. The summed E-state index contributed by atoms with van der Waals surface area (Å²) in [6.45, 7) is 7.62. The van der Waals surface area contributed by atoms with E-state index in [0.717, 1.165) is 35.9 Å². The fraction of sp³-hybridized carbons (Fsp3) is 0.625. The third-order valence-electron chi connectivity index (χ3n) is 4.17.